The zero-order valence-electron chi connectivity index (χ0n) is 13.8. The maximum Gasteiger partial charge on any atom is 0.256 e. The fourth-order valence-electron chi connectivity index (χ4n) is 3.74. The summed E-state index contributed by atoms with van der Waals surface area (Å²) < 4.78 is 0. The summed E-state index contributed by atoms with van der Waals surface area (Å²) in [4.78, 5) is 19.6. The molecule has 1 aromatic heterocycles. The van der Waals surface area contributed by atoms with Crippen molar-refractivity contribution < 1.29 is 4.79 Å². The zero-order chi connectivity index (χ0) is 16.5. The molecule has 1 fully saturated rings. The SMILES string of the molecule is CNCC1CCN(C(=O)c2cc3ccccc3c3cccnc23)C1. The summed E-state index contributed by atoms with van der Waals surface area (Å²) in [5, 5.41) is 6.49. The first-order valence-corrected chi connectivity index (χ1v) is 8.48. The second kappa shape index (κ2) is 6.21. The van der Waals surface area contributed by atoms with Crippen LogP contribution in [0.25, 0.3) is 21.7 Å². The monoisotopic (exact) mass is 319 g/mol. The molecule has 1 atom stereocenters. The van der Waals surface area contributed by atoms with Gasteiger partial charge in [0.05, 0.1) is 11.1 Å². The van der Waals surface area contributed by atoms with Gasteiger partial charge in [-0.05, 0) is 48.8 Å². The molecule has 1 saturated heterocycles. The molecule has 3 aromatic rings. The Kier molecular flexibility index (Phi) is 3.90. The number of carbonyl (C=O) groups is 1. The number of amides is 1. The van der Waals surface area contributed by atoms with E-state index in [1.165, 1.54) is 0 Å². The normalized spacial score (nSPS) is 17.7. The van der Waals surface area contributed by atoms with Gasteiger partial charge < -0.3 is 10.2 Å². The minimum atomic E-state index is 0.100. The van der Waals surface area contributed by atoms with E-state index in [0.717, 1.165) is 53.3 Å². The van der Waals surface area contributed by atoms with Crippen molar-refractivity contribution in [1.29, 1.82) is 0 Å². The van der Waals surface area contributed by atoms with Crippen molar-refractivity contribution in [3.8, 4) is 0 Å². The van der Waals surface area contributed by atoms with Gasteiger partial charge in [0.15, 0.2) is 0 Å². The summed E-state index contributed by atoms with van der Waals surface area (Å²) in [6.45, 7) is 2.60. The molecule has 1 aliphatic rings. The molecular formula is C20H21N3O. The molecule has 1 N–H and O–H groups in total. The summed E-state index contributed by atoms with van der Waals surface area (Å²) in [6.07, 6.45) is 2.83. The third-order valence-corrected chi connectivity index (χ3v) is 4.91. The lowest BCUT2D eigenvalue weighted by Gasteiger charge is -2.18. The van der Waals surface area contributed by atoms with E-state index in [1.807, 2.05) is 36.2 Å². The number of fused-ring (bicyclic) bond motifs is 3. The minimum absolute atomic E-state index is 0.100. The molecular weight excluding hydrogens is 298 g/mol. The molecule has 0 aliphatic carbocycles. The molecule has 4 heteroatoms. The van der Waals surface area contributed by atoms with Gasteiger partial charge in [-0.3, -0.25) is 9.78 Å². The van der Waals surface area contributed by atoms with E-state index < -0.39 is 0 Å². The van der Waals surface area contributed by atoms with Gasteiger partial charge in [0.1, 0.15) is 0 Å². The summed E-state index contributed by atoms with van der Waals surface area (Å²) >= 11 is 0. The van der Waals surface area contributed by atoms with Crippen LogP contribution in [0.2, 0.25) is 0 Å². The summed E-state index contributed by atoms with van der Waals surface area (Å²) in [7, 11) is 1.96. The molecule has 1 unspecified atom stereocenters. The van der Waals surface area contributed by atoms with Crippen molar-refractivity contribution in [2.45, 2.75) is 6.42 Å². The first-order valence-electron chi connectivity index (χ1n) is 8.48. The highest BCUT2D eigenvalue weighted by molar-refractivity contribution is 6.15. The number of carbonyl (C=O) groups excluding carboxylic acids is 1. The van der Waals surface area contributed by atoms with Crippen LogP contribution in [0.1, 0.15) is 16.8 Å². The lowest BCUT2D eigenvalue weighted by atomic mass is 10.00. The van der Waals surface area contributed by atoms with Crippen LogP contribution in [0.4, 0.5) is 0 Å². The van der Waals surface area contributed by atoms with E-state index in [0.29, 0.717) is 5.92 Å². The van der Waals surface area contributed by atoms with Gasteiger partial charge in [0, 0.05) is 24.7 Å². The van der Waals surface area contributed by atoms with E-state index >= 15 is 0 Å². The number of hydrogen-bond donors (Lipinski definition) is 1. The van der Waals surface area contributed by atoms with Gasteiger partial charge in [0.2, 0.25) is 0 Å². The lowest BCUT2D eigenvalue weighted by molar-refractivity contribution is 0.0789. The Balaban J connectivity index is 1.79. The van der Waals surface area contributed by atoms with Crippen LogP contribution in [0, 0.1) is 5.92 Å². The summed E-state index contributed by atoms with van der Waals surface area (Å²) in [6, 6.07) is 14.2. The largest absolute Gasteiger partial charge is 0.338 e. The predicted octanol–water partition coefficient (Wildman–Crippen LogP) is 3.07. The molecule has 24 heavy (non-hydrogen) atoms. The van der Waals surface area contributed by atoms with Crippen molar-refractivity contribution >= 4 is 27.6 Å². The van der Waals surface area contributed by atoms with Crippen LogP contribution >= 0.6 is 0 Å². The molecule has 0 saturated carbocycles. The van der Waals surface area contributed by atoms with Crippen molar-refractivity contribution in [3.05, 3.63) is 54.2 Å². The van der Waals surface area contributed by atoms with E-state index in [2.05, 4.69) is 28.5 Å². The number of benzene rings is 2. The molecule has 4 rings (SSSR count). The molecule has 4 nitrogen and oxygen atoms in total. The molecule has 0 bridgehead atoms. The standard InChI is InChI=1S/C20H21N3O/c1-21-12-14-8-10-23(13-14)20(24)18-11-15-5-2-3-6-16(15)17-7-4-9-22-19(17)18/h2-7,9,11,14,21H,8,10,12-13H2,1H3. The third kappa shape index (κ3) is 2.53. The first-order chi connectivity index (χ1) is 11.8. The quantitative estimate of drug-likeness (QED) is 0.755. The summed E-state index contributed by atoms with van der Waals surface area (Å²) in [5.41, 5.74) is 1.52. The Morgan fingerprint density at radius 2 is 2.08 bits per heavy atom. The average molecular weight is 319 g/mol. The highest BCUT2D eigenvalue weighted by atomic mass is 16.2. The van der Waals surface area contributed by atoms with Gasteiger partial charge in [-0.25, -0.2) is 0 Å². The number of aromatic nitrogens is 1. The number of hydrogen-bond acceptors (Lipinski definition) is 3. The topological polar surface area (TPSA) is 45.2 Å². The molecule has 2 heterocycles. The summed E-state index contributed by atoms with van der Waals surface area (Å²) in [5.74, 6) is 0.640. The Hall–Kier alpha value is -2.46. The molecule has 2 aromatic carbocycles. The predicted molar refractivity (Wildman–Crippen MR) is 97.2 cm³/mol. The van der Waals surface area contributed by atoms with Crippen molar-refractivity contribution in [2.24, 2.45) is 5.92 Å². The van der Waals surface area contributed by atoms with Crippen molar-refractivity contribution in [3.63, 3.8) is 0 Å². The fraction of sp³-hybridized carbons (Fsp3) is 0.300. The van der Waals surface area contributed by atoms with Crippen LogP contribution < -0.4 is 5.32 Å². The number of rotatable bonds is 3. The lowest BCUT2D eigenvalue weighted by Crippen LogP contribution is -2.30. The van der Waals surface area contributed by atoms with Crippen LogP contribution in [-0.4, -0.2) is 42.5 Å². The van der Waals surface area contributed by atoms with Crippen LogP contribution in [0.15, 0.2) is 48.7 Å². The second-order valence-corrected chi connectivity index (χ2v) is 6.51. The maximum atomic E-state index is 13.1. The highest BCUT2D eigenvalue weighted by Gasteiger charge is 2.28. The van der Waals surface area contributed by atoms with Gasteiger partial charge in [-0.15, -0.1) is 0 Å². The highest BCUT2D eigenvalue weighted by Crippen LogP contribution is 2.29. The molecule has 0 radical (unpaired) electrons. The van der Waals surface area contributed by atoms with Gasteiger partial charge in [-0.2, -0.15) is 0 Å². The van der Waals surface area contributed by atoms with Gasteiger partial charge in [-0.1, -0.05) is 30.3 Å². The Morgan fingerprint density at radius 3 is 2.96 bits per heavy atom. The molecule has 122 valence electrons. The number of nitrogens with zero attached hydrogens (tertiary/aromatic N) is 2. The molecule has 0 spiro atoms. The van der Waals surface area contributed by atoms with Crippen LogP contribution in [0.3, 0.4) is 0 Å². The average Bonchev–Trinajstić information content (AvgIpc) is 3.09. The maximum absolute atomic E-state index is 13.1. The third-order valence-electron chi connectivity index (χ3n) is 4.91. The number of nitrogens with one attached hydrogen (secondary N) is 1. The van der Waals surface area contributed by atoms with Gasteiger partial charge in [0.25, 0.3) is 5.91 Å². The fourth-order valence-corrected chi connectivity index (χ4v) is 3.74. The van der Waals surface area contributed by atoms with E-state index in [9.17, 15) is 4.79 Å². The zero-order valence-corrected chi connectivity index (χ0v) is 13.8. The second-order valence-electron chi connectivity index (χ2n) is 6.51. The Labute approximate surface area is 141 Å². The molecule has 1 amide bonds. The van der Waals surface area contributed by atoms with Crippen LogP contribution in [0.5, 0.6) is 0 Å². The Bertz CT molecular complexity index is 906. The van der Waals surface area contributed by atoms with Crippen molar-refractivity contribution in [2.75, 3.05) is 26.7 Å². The van der Waals surface area contributed by atoms with E-state index in [1.54, 1.807) is 6.20 Å². The minimum Gasteiger partial charge on any atom is -0.338 e. The number of pyridine rings is 1. The number of likely N-dealkylation sites (tertiary alicyclic amines) is 1. The Morgan fingerprint density at radius 1 is 1.25 bits per heavy atom. The first kappa shape index (κ1) is 15.1. The van der Waals surface area contributed by atoms with Crippen LogP contribution in [-0.2, 0) is 0 Å². The van der Waals surface area contributed by atoms with E-state index in [-0.39, 0.29) is 5.91 Å². The van der Waals surface area contributed by atoms with Gasteiger partial charge >= 0.3 is 0 Å². The van der Waals surface area contributed by atoms with Crippen molar-refractivity contribution in [1.82, 2.24) is 15.2 Å². The smallest absolute Gasteiger partial charge is 0.256 e. The van der Waals surface area contributed by atoms with E-state index in [4.69, 9.17) is 0 Å². The molecule has 1 aliphatic heterocycles.